The first-order valence-electron chi connectivity index (χ1n) is 4.40. The summed E-state index contributed by atoms with van der Waals surface area (Å²) >= 11 is 0. The second kappa shape index (κ2) is 4.21. The van der Waals surface area contributed by atoms with Gasteiger partial charge in [0, 0.05) is 6.07 Å². The molecule has 0 N–H and O–H groups in total. The van der Waals surface area contributed by atoms with Crippen LogP contribution in [0.1, 0.15) is 11.1 Å². The van der Waals surface area contributed by atoms with E-state index < -0.39 is 0 Å². The van der Waals surface area contributed by atoms with Crippen molar-refractivity contribution in [3.8, 4) is 0 Å². The number of hydrogen-bond acceptors (Lipinski definition) is 1. The fraction of sp³-hybridized carbons (Fsp3) is 0.273. The van der Waals surface area contributed by atoms with Gasteiger partial charge >= 0.3 is 0 Å². The molecule has 0 spiro atoms. The molecule has 3 heteroatoms. The van der Waals surface area contributed by atoms with E-state index in [0.29, 0.717) is 0 Å². The van der Waals surface area contributed by atoms with E-state index in [-0.39, 0.29) is 24.0 Å². The molecule has 2 rings (SSSR count). The molecule has 14 heavy (non-hydrogen) atoms. The van der Waals surface area contributed by atoms with Gasteiger partial charge in [-0.25, -0.2) is 4.98 Å². The summed E-state index contributed by atoms with van der Waals surface area (Å²) in [4.78, 5) is 4.36. The van der Waals surface area contributed by atoms with Crippen molar-refractivity contribution in [2.24, 2.45) is 7.05 Å². The third kappa shape index (κ3) is 1.87. The lowest BCUT2D eigenvalue weighted by Crippen LogP contribution is -3.00. The monoisotopic (exact) mass is 300 g/mol. The van der Waals surface area contributed by atoms with Gasteiger partial charge in [0.2, 0.25) is 5.52 Å². The largest absolute Gasteiger partial charge is 1.00 e. The molecule has 2 nitrogen and oxygen atoms in total. The highest BCUT2D eigenvalue weighted by Gasteiger charge is 2.07. The van der Waals surface area contributed by atoms with Crippen LogP contribution in [-0.2, 0) is 7.05 Å². The smallest absolute Gasteiger partial charge is 0.231 e. The number of nitrogens with zero attached hydrogens (tertiary/aromatic N) is 2. The van der Waals surface area contributed by atoms with E-state index in [1.165, 1.54) is 16.6 Å². The molecular formula is C11H13IN2. The van der Waals surface area contributed by atoms with E-state index in [1.807, 2.05) is 19.4 Å². The van der Waals surface area contributed by atoms with Gasteiger partial charge in [0.1, 0.15) is 12.6 Å². The van der Waals surface area contributed by atoms with Crippen molar-refractivity contribution >= 4 is 11.0 Å². The summed E-state index contributed by atoms with van der Waals surface area (Å²) in [6.07, 6.45) is 3.81. The average molecular weight is 300 g/mol. The number of benzene rings is 1. The zero-order valence-electron chi connectivity index (χ0n) is 8.58. The Balaban J connectivity index is 0.000000980. The van der Waals surface area contributed by atoms with Crippen LogP contribution in [0.3, 0.4) is 0 Å². The molecule has 74 valence electrons. The highest BCUT2D eigenvalue weighted by Crippen LogP contribution is 2.14. The predicted molar refractivity (Wildman–Crippen MR) is 52.4 cm³/mol. The van der Waals surface area contributed by atoms with Crippen LogP contribution in [0.2, 0.25) is 0 Å². The minimum Gasteiger partial charge on any atom is -1.00 e. The van der Waals surface area contributed by atoms with Gasteiger partial charge in [0.25, 0.3) is 0 Å². The summed E-state index contributed by atoms with van der Waals surface area (Å²) in [5.41, 5.74) is 4.82. The minimum absolute atomic E-state index is 0. The van der Waals surface area contributed by atoms with Crippen LogP contribution in [0, 0.1) is 13.8 Å². The van der Waals surface area contributed by atoms with Crippen LogP contribution < -0.4 is 28.5 Å². The normalized spacial score (nSPS) is 9.93. The van der Waals surface area contributed by atoms with E-state index in [4.69, 9.17) is 0 Å². The quantitative estimate of drug-likeness (QED) is 0.436. The topological polar surface area (TPSA) is 16.8 Å². The average Bonchev–Trinajstić information content (AvgIpc) is 2.07. The first-order chi connectivity index (χ1) is 6.18. The first-order valence-corrected chi connectivity index (χ1v) is 4.40. The third-order valence-corrected chi connectivity index (χ3v) is 2.30. The van der Waals surface area contributed by atoms with Crippen molar-refractivity contribution < 1.29 is 28.5 Å². The van der Waals surface area contributed by atoms with Crippen LogP contribution in [0.15, 0.2) is 24.5 Å². The number of fused-ring (bicyclic) bond motifs is 1. The molecule has 0 saturated heterocycles. The van der Waals surface area contributed by atoms with E-state index >= 15 is 0 Å². The number of aromatic nitrogens is 2. The van der Waals surface area contributed by atoms with Crippen LogP contribution in [0.5, 0.6) is 0 Å². The second-order valence-corrected chi connectivity index (χ2v) is 3.49. The highest BCUT2D eigenvalue weighted by molar-refractivity contribution is 5.75. The van der Waals surface area contributed by atoms with Gasteiger partial charge in [-0.05, 0) is 25.0 Å². The lowest BCUT2D eigenvalue weighted by Gasteiger charge is -2.00. The molecule has 2 aromatic rings. The van der Waals surface area contributed by atoms with Crippen molar-refractivity contribution in [3.05, 3.63) is 35.7 Å². The maximum absolute atomic E-state index is 4.36. The molecule has 1 aromatic heterocycles. The Morgan fingerprint density at radius 3 is 2.64 bits per heavy atom. The number of rotatable bonds is 0. The van der Waals surface area contributed by atoms with Gasteiger partial charge in [0.05, 0.1) is 6.20 Å². The Hall–Kier alpha value is -0.710. The van der Waals surface area contributed by atoms with E-state index in [2.05, 4.69) is 35.5 Å². The van der Waals surface area contributed by atoms with Crippen molar-refractivity contribution in [2.75, 3.05) is 0 Å². The molecule has 0 saturated carbocycles. The predicted octanol–water partition coefficient (Wildman–Crippen LogP) is -1.32. The van der Waals surface area contributed by atoms with Gasteiger partial charge in [-0.3, -0.25) is 0 Å². The Kier molecular flexibility index (Phi) is 3.42. The zero-order chi connectivity index (χ0) is 9.42. The summed E-state index contributed by atoms with van der Waals surface area (Å²) in [5, 5.41) is 0. The lowest BCUT2D eigenvalue weighted by atomic mass is 10.1. The Bertz CT molecular complexity index is 466. The SMILES string of the molecule is Cc1cc(C)c2ncc[n+](C)c2c1.[I-]. The van der Waals surface area contributed by atoms with Gasteiger partial charge in [-0.2, -0.15) is 4.57 Å². The third-order valence-electron chi connectivity index (χ3n) is 2.30. The molecule has 0 atom stereocenters. The van der Waals surface area contributed by atoms with E-state index in [0.717, 1.165) is 5.52 Å². The van der Waals surface area contributed by atoms with Gasteiger partial charge in [0.15, 0.2) is 6.20 Å². The minimum atomic E-state index is 0. The van der Waals surface area contributed by atoms with Gasteiger partial charge < -0.3 is 24.0 Å². The maximum atomic E-state index is 4.36. The van der Waals surface area contributed by atoms with Crippen molar-refractivity contribution in [3.63, 3.8) is 0 Å². The van der Waals surface area contributed by atoms with E-state index in [9.17, 15) is 0 Å². The first kappa shape index (κ1) is 11.4. The molecule has 0 amide bonds. The highest BCUT2D eigenvalue weighted by atomic mass is 127. The number of halogens is 1. The lowest BCUT2D eigenvalue weighted by molar-refractivity contribution is -0.645. The van der Waals surface area contributed by atoms with Crippen molar-refractivity contribution in [1.29, 1.82) is 0 Å². The number of aryl methyl sites for hydroxylation is 3. The summed E-state index contributed by atoms with van der Waals surface area (Å²) in [5.74, 6) is 0. The van der Waals surface area contributed by atoms with Crippen molar-refractivity contribution in [1.82, 2.24) is 4.98 Å². The summed E-state index contributed by atoms with van der Waals surface area (Å²) in [6.45, 7) is 4.21. The zero-order valence-corrected chi connectivity index (χ0v) is 10.7. The Morgan fingerprint density at radius 1 is 1.21 bits per heavy atom. The molecule has 0 unspecified atom stereocenters. The standard InChI is InChI=1S/C11H13N2.HI/c1-8-6-9(2)11-10(7-8)13(3)5-4-12-11;/h4-7H,1-3H3;1H/q+1;/p-1. The molecular weight excluding hydrogens is 287 g/mol. The molecule has 0 aliphatic rings. The molecule has 0 aliphatic heterocycles. The number of hydrogen-bond donors (Lipinski definition) is 0. The van der Waals surface area contributed by atoms with Crippen molar-refractivity contribution in [2.45, 2.75) is 13.8 Å². The molecule has 1 aromatic carbocycles. The fourth-order valence-corrected chi connectivity index (χ4v) is 1.66. The summed E-state index contributed by atoms with van der Waals surface area (Å²) in [6, 6.07) is 4.32. The Labute approximate surface area is 101 Å². The van der Waals surface area contributed by atoms with Gasteiger partial charge in [-0.1, -0.05) is 6.07 Å². The maximum Gasteiger partial charge on any atom is 0.231 e. The summed E-state index contributed by atoms with van der Waals surface area (Å²) < 4.78 is 2.10. The van der Waals surface area contributed by atoms with E-state index in [1.54, 1.807) is 0 Å². The molecule has 0 aliphatic carbocycles. The van der Waals surface area contributed by atoms with Gasteiger partial charge in [-0.15, -0.1) is 0 Å². The van der Waals surface area contributed by atoms with Crippen LogP contribution in [0.4, 0.5) is 0 Å². The van der Waals surface area contributed by atoms with Crippen LogP contribution in [0.25, 0.3) is 11.0 Å². The summed E-state index contributed by atoms with van der Waals surface area (Å²) in [7, 11) is 2.04. The van der Waals surface area contributed by atoms with Crippen LogP contribution >= 0.6 is 0 Å². The molecule has 0 bridgehead atoms. The second-order valence-electron chi connectivity index (χ2n) is 3.49. The fourth-order valence-electron chi connectivity index (χ4n) is 1.66. The molecule has 0 fully saturated rings. The molecule has 1 heterocycles. The Morgan fingerprint density at radius 2 is 1.93 bits per heavy atom. The molecule has 0 radical (unpaired) electrons. The van der Waals surface area contributed by atoms with Crippen LogP contribution in [-0.4, -0.2) is 4.98 Å².